The van der Waals surface area contributed by atoms with Crippen molar-refractivity contribution in [2.24, 2.45) is 4.99 Å². The molecule has 1 aliphatic heterocycles. The molecule has 0 atom stereocenters. The van der Waals surface area contributed by atoms with Gasteiger partial charge in [0.1, 0.15) is 0 Å². The van der Waals surface area contributed by atoms with E-state index in [2.05, 4.69) is 11.7 Å². The SMILES string of the molecule is C=NC(=O)c1ccc2c(c1)B(O)OC2. The number of carbonyl (C=O) groups is 1. The number of benzene rings is 1. The summed E-state index contributed by atoms with van der Waals surface area (Å²) in [6, 6.07) is 4.99. The fourth-order valence-corrected chi connectivity index (χ4v) is 1.44. The number of fused-ring (bicyclic) bond motifs is 1. The maximum atomic E-state index is 11.2. The molecule has 2 rings (SSSR count). The number of rotatable bonds is 1. The molecule has 0 fully saturated rings. The number of carbonyl (C=O) groups excluding carboxylic acids is 1. The first kappa shape index (κ1) is 9.11. The first-order valence-electron chi connectivity index (χ1n) is 4.16. The zero-order chi connectivity index (χ0) is 10.1. The molecular weight excluding hydrogens is 181 g/mol. The van der Waals surface area contributed by atoms with Gasteiger partial charge in [-0.3, -0.25) is 4.79 Å². The van der Waals surface area contributed by atoms with Gasteiger partial charge in [-0.05, 0) is 29.9 Å². The topological polar surface area (TPSA) is 58.9 Å². The highest BCUT2D eigenvalue weighted by Crippen LogP contribution is 2.11. The fourth-order valence-electron chi connectivity index (χ4n) is 1.44. The van der Waals surface area contributed by atoms with Crippen LogP contribution in [0.1, 0.15) is 15.9 Å². The van der Waals surface area contributed by atoms with Crippen LogP contribution < -0.4 is 5.46 Å². The van der Waals surface area contributed by atoms with Gasteiger partial charge in [-0.1, -0.05) is 6.07 Å². The lowest BCUT2D eigenvalue weighted by molar-refractivity contribution is 0.100. The predicted molar refractivity (Wildman–Crippen MR) is 52.7 cm³/mol. The monoisotopic (exact) mass is 189 g/mol. The zero-order valence-electron chi connectivity index (χ0n) is 7.43. The van der Waals surface area contributed by atoms with Gasteiger partial charge in [0.05, 0.1) is 6.61 Å². The van der Waals surface area contributed by atoms with Crippen molar-refractivity contribution in [3.05, 3.63) is 29.3 Å². The third kappa shape index (κ3) is 1.36. The summed E-state index contributed by atoms with van der Waals surface area (Å²) in [6.45, 7) is 3.54. The van der Waals surface area contributed by atoms with E-state index in [4.69, 9.17) is 4.65 Å². The maximum absolute atomic E-state index is 11.2. The summed E-state index contributed by atoms with van der Waals surface area (Å²) in [6.07, 6.45) is 0. The highest BCUT2D eigenvalue weighted by atomic mass is 16.5. The van der Waals surface area contributed by atoms with Crippen LogP contribution in [0, 0.1) is 0 Å². The predicted octanol–water partition coefficient (Wildman–Crippen LogP) is -0.255. The summed E-state index contributed by atoms with van der Waals surface area (Å²) in [7, 11) is -0.928. The second-order valence-corrected chi connectivity index (χ2v) is 3.04. The first-order valence-corrected chi connectivity index (χ1v) is 4.16. The Hall–Kier alpha value is -1.46. The van der Waals surface area contributed by atoms with Crippen LogP contribution in [-0.2, 0) is 11.3 Å². The van der Waals surface area contributed by atoms with Gasteiger partial charge in [-0.15, -0.1) is 0 Å². The van der Waals surface area contributed by atoms with Gasteiger partial charge in [0.15, 0.2) is 0 Å². The van der Waals surface area contributed by atoms with E-state index in [-0.39, 0.29) is 0 Å². The number of hydrogen-bond donors (Lipinski definition) is 1. The van der Waals surface area contributed by atoms with Crippen LogP contribution >= 0.6 is 0 Å². The summed E-state index contributed by atoms with van der Waals surface area (Å²) < 4.78 is 4.99. The van der Waals surface area contributed by atoms with Gasteiger partial charge in [0.2, 0.25) is 0 Å². The van der Waals surface area contributed by atoms with Crippen molar-refractivity contribution in [1.82, 2.24) is 0 Å². The molecule has 0 aliphatic carbocycles. The van der Waals surface area contributed by atoms with Crippen LogP contribution in [0.3, 0.4) is 0 Å². The van der Waals surface area contributed by atoms with E-state index in [0.29, 0.717) is 17.6 Å². The molecule has 0 spiro atoms. The molecule has 1 aromatic rings. The molecule has 0 aromatic heterocycles. The molecule has 0 bridgehead atoms. The number of aliphatic imine (C=N–C) groups is 1. The van der Waals surface area contributed by atoms with E-state index >= 15 is 0 Å². The lowest BCUT2D eigenvalue weighted by Crippen LogP contribution is -2.28. The Morgan fingerprint density at radius 2 is 2.43 bits per heavy atom. The van der Waals surface area contributed by atoms with Gasteiger partial charge >= 0.3 is 7.12 Å². The quantitative estimate of drug-likeness (QED) is 0.489. The van der Waals surface area contributed by atoms with Crippen molar-refractivity contribution in [3.63, 3.8) is 0 Å². The molecule has 1 heterocycles. The lowest BCUT2D eigenvalue weighted by Gasteiger charge is -2.00. The van der Waals surface area contributed by atoms with Crippen LogP contribution in [0.15, 0.2) is 23.2 Å². The second-order valence-electron chi connectivity index (χ2n) is 3.04. The fraction of sp³-hybridized carbons (Fsp3) is 0.111. The minimum atomic E-state index is -0.928. The molecule has 14 heavy (non-hydrogen) atoms. The smallest absolute Gasteiger partial charge is 0.423 e. The van der Waals surface area contributed by atoms with Crippen molar-refractivity contribution in [2.45, 2.75) is 6.61 Å². The van der Waals surface area contributed by atoms with Crippen molar-refractivity contribution in [2.75, 3.05) is 0 Å². The van der Waals surface area contributed by atoms with Crippen molar-refractivity contribution in [1.29, 1.82) is 0 Å². The third-order valence-electron chi connectivity index (χ3n) is 2.20. The van der Waals surface area contributed by atoms with Crippen LogP contribution in [0.2, 0.25) is 0 Å². The Morgan fingerprint density at radius 1 is 1.64 bits per heavy atom. The van der Waals surface area contributed by atoms with E-state index < -0.39 is 13.0 Å². The third-order valence-corrected chi connectivity index (χ3v) is 2.20. The van der Waals surface area contributed by atoms with Gasteiger partial charge in [0, 0.05) is 5.56 Å². The molecule has 1 aliphatic rings. The van der Waals surface area contributed by atoms with Crippen molar-refractivity contribution >= 4 is 25.2 Å². The zero-order valence-corrected chi connectivity index (χ0v) is 7.43. The van der Waals surface area contributed by atoms with E-state index in [1.165, 1.54) is 0 Å². The summed E-state index contributed by atoms with van der Waals surface area (Å²) in [4.78, 5) is 14.5. The molecular formula is C9H8BNO3. The van der Waals surface area contributed by atoms with E-state index in [0.717, 1.165) is 5.56 Å². The molecule has 0 radical (unpaired) electrons. The minimum absolute atomic E-state index is 0.381. The summed E-state index contributed by atoms with van der Waals surface area (Å²) in [5.41, 5.74) is 1.96. The molecule has 1 aromatic carbocycles. The number of amides is 1. The Balaban J connectivity index is 2.44. The maximum Gasteiger partial charge on any atom is 0.491 e. The largest absolute Gasteiger partial charge is 0.491 e. The number of hydrogen-bond acceptors (Lipinski definition) is 3. The Labute approximate surface area is 81.4 Å². The summed E-state index contributed by atoms with van der Waals surface area (Å²) >= 11 is 0. The van der Waals surface area contributed by atoms with Crippen LogP contribution in [0.25, 0.3) is 0 Å². The Bertz CT molecular complexity index is 405. The Morgan fingerprint density at radius 3 is 3.14 bits per heavy atom. The standard InChI is InChI=1S/C9H8BNO3/c1-11-9(12)6-2-3-7-5-14-10(13)8(7)4-6/h2-4,13H,1,5H2. The molecule has 1 N–H and O–H groups in total. The summed E-state index contributed by atoms with van der Waals surface area (Å²) in [5.74, 6) is -0.396. The molecule has 5 heteroatoms. The minimum Gasteiger partial charge on any atom is -0.423 e. The molecule has 70 valence electrons. The van der Waals surface area contributed by atoms with Gasteiger partial charge in [0.25, 0.3) is 5.91 Å². The highest BCUT2D eigenvalue weighted by Gasteiger charge is 2.27. The average Bonchev–Trinajstić information content (AvgIpc) is 2.59. The first-order chi connectivity index (χ1) is 6.72. The van der Waals surface area contributed by atoms with Gasteiger partial charge in [-0.25, -0.2) is 4.99 Å². The van der Waals surface area contributed by atoms with Crippen LogP contribution in [0.4, 0.5) is 0 Å². The molecule has 0 unspecified atom stereocenters. The van der Waals surface area contributed by atoms with E-state index in [9.17, 15) is 9.82 Å². The summed E-state index contributed by atoms with van der Waals surface area (Å²) in [5, 5.41) is 9.38. The average molecular weight is 189 g/mol. The van der Waals surface area contributed by atoms with Gasteiger partial charge < -0.3 is 9.68 Å². The number of nitrogens with zero attached hydrogens (tertiary/aromatic N) is 1. The van der Waals surface area contributed by atoms with Crippen molar-refractivity contribution < 1.29 is 14.5 Å². The second kappa shape index (κ2) is 3.36. The normalized spacial score (nSPS) is 13.9. The van der Waals surface area contributed by atoms with Crippen LogP contribution in [0.5, 0.6) is 0 Å². The van der Waals surface area contributed by atoms with Crippen molar-refractivity contribution in [3.8, 4) is 0 Å². The molecule has 0 saturated carbocycles. The van der Waals surface area contributed by atoms with E-state index in [1.807, 2.05) is 0 Å². The van der Waals surface area contributed by atoms with E-state index in [1.54, 1.807) is 18.2 Å². The highest BCUT2D eigenvalue weighted by molar-refractivity contribution is 6.61. The van der Waals surface area contributed by atoms with Crippen LogP contribution in [-0.4, -0.2) is 24.8 Å². The lowest BCUT2D eigenvalue weighted by atomic mass is 9.79. The molecule has 4 nitrogen and oxygen atoms in total. The molecule has 0 saturated heterocycles. The van der Waals surface area contributed by atoms with Gasteiger partial charge in [-0.2, -0.15) is 0 Å². The Kier molecular flexibility index (Phi) is 2.19. The molecule has 1 amide bonds.